The standard InChI is InChI=1S/C13H16N2O2S/c16-11-5-1-4-10-12(11)14-13(17)15(10)7-9-3-2-6-18-8-9/h1,4-5,9,16H,2-3,6-8H2,(H,14,17). The number of imidazole rings is 1. The van der Waals surface area contributed by atoms with E-state index in [4.69, 9.17) is 0 Å². The molecule has 1 fully saturated rings. The number of fused-ring (bicyclic) bond motifs is 1. The predicted octanol–water partition coefficient (Wildman–Crippen LogP) is 2.18. The number of phenolic OH excluding ortho intramolecular Hbond substituents is 1. The number of aromatic hydroxyl groups is 1. The van der Waals surface area contributed by atoms with Gasteiger partial charge in [-0.25, -0.2) is 4.79 Å². The highest BCUT2D eigenvalue weighted by atomic mass is 32.2. The largest absolute Gasteiger partial charge is 0.506 e. The van der Waals surface area contributed by atoms with Crippen molar-refractivity contribution in [2.45, 2.75) is 19.4 Å². The molecule has 1 atom stereocenters. The van der Waals surface area contributed by atoms with Crippen LogP contribution in [0.4, 0.5) is 0 Å². The van der Waals surface area contributed by atoms with Gasteiger partial charge in [0.15, 0.2) is 0 Å². The zero-order chi connectivity index (χ0) is 12.5. The van der Waals surface area contributed by atoms with E-state index in [2.05, 4.69) is 4.98 Å². The third kappa shape index (κ3) is 2.03. The van der Waals surface area contributed by atoms with Crippen LogP contribution in [0.2, 0.25) is 0 Å². The van der Waals surface area contributed by atoms with E-state index in [1.54, 1.807) is 16.7 Å². The molecule has 0 radical (unpaired) electrons. The molecule has 0 saturated carbocycles. The molecule has 3 rings (SSSR count). The minimum Gasteiger partial charge on any atom is -0.506 e. The van der Waals surface area contributed by atoms with Gasteiger partial charge >= 0.3 is 5.69 Å². The molecule has 0 spiro atoms. The van der Waals surface area contributed by atoms with E-state index in [9.17, 15) is 9.90 Å². The molecule has 1 aliphatic rings. The van der Waals surface area contributed by atoms with Crippen LogP contribution >= 0.6 is 11.8 Å². The number of hydrogen-bond donors (Lipinski definition) is 2. The summed E-state index contributed by atoms with van der Waals surface area (Å²) in [5, 5.41) is 9.73. The summed E-state index contributed by atoms with van der Waals surface area (Å²) in [6, 6.07) is 5.25. The number of H-pyrrole nitrogens is 1. The first-order valence-electron chi connectivity index (χ1n) is 6.24. The Balaban J connectivity index is 1.98. The molecular formula is C13H16N2O2S. The molecule has 2 heterocycles. The number of hydrogen-bond acceptors (Lipinski definition) is 3. The Labute approximate surface area is 109 Å². The van der Waals surface area contributed by atoms with E-state index in [0.717, 1.165) is 17.8 Å². The number of phenols is 1. The second kappa shape index (κ2) is 4.72. The number of aromatic amines is 1. The molecule has 2 aromatic rings. The summed E-state index contributed by atoms with van der Waals surface area (Å²) in [4.78, 5) is 14.7. The molecule has 1 aliphatic heterocycles. The molecule has 1 unspecified atom stereocenters. The van der Waals surface area contributed by atoms with Crippen molar-refractivity contribution in [2.75, 3.05) is 11.5 Å². The van der Waals surface area contributed by atoms with Crippen molar-refractivity contribution in [3.05, 3.63) is 28.7 Å². The van der Waals surface area contributed by atoms with Crippen molar-refractivity contribution >= 4 is 22.8 Å². The molecule has 1 aromatic carbocycles. The van der Waals surface area contributed by atoms with E-state index >= 15 is 0 Å². The van der Waals surface area contributed by atoms with Gasteiger partial charge in [-0.1, -0.05) is 6.07 Å². The van der Waals surface area contributed by atoms with Gasteiger partial charge < -0.3 is 10.1 Å². The van der Waals surface area contributed by atoms with Gasteiger partial charge in [-0.15, -0.1) is 0 Å². The van der Waals surface area contributed by atoms with Crippen molar-refractivity contribution in [3.63, 3.8) is 0 Å². The van der Waals surface area contributed by atoms with E-state index in [0.29, 0.717) is 11.4 Å². The summed E-state index contributed by atoms with van der Waals surface area (Å²) in [6.07, 6.45) is 2.42. The number of aromatic nitrogens is 2. The number of thioether (sulfide) groups is 1. The molecule has 0 amide bonds. The zero-order valence-corrected chi connectivity index (χ0v) is 10.9. The molecule has 0 aliphatic carbocycles. The van der Waals surface area contributed by atoms with Crippen LogP contribution in [0, 0.1) is 5.92 Å². The van der Waals surface area contributed by atoms with Crippen LogP contribution in [0.25, 0.3) is 11.0 Å². The van der Waals surface area contributed by atoms with Crippen LogP contribution in [-0.2, 0) is 6.54 Å². The maximum absolute atomic E-state index is 12.0. The van der Waals surface area contributed by atoms with Crippen molar-refractivity contribution in [3.8, 4) is 5.75 Å². The summed E-state index contributed by atoms with van der Waals surface area (Å²) in [5.41, 5.74) is 1.23. The van der Waals surface area contributed by atoms with Crippen molar-refractivity contribution in [1.82, 2.24) is 9.55 Å². The SMILES string of the molecule is O=c1[nH]c2c(O)cccc2n1CC1CCCSC1. The molecule has 5 heteroatoms. The lowest BCUT2D eigenvalue weighted by Gasteiger charge is -2.21. The second-order valence-corrected chi connectivity index (χ2v) is 5.95. The van der Waals surface area contributed by atoms with Gasteiger partial charge in [0.05, 0.1) is 5.52 Å². The van der Waals surface area contributed by atoms with E-state index in [1.165, 1.54) is 18.6 Å². The van der Waals surface area contributed by atoms with Crippen LogP contribution in [0.3, 0.4) is 0 Å². The molecule has 4 nitrogen and oxygen atoms in total. The maximum Gasteiger partial charge on any atom is 0.326 e. The Morgan fingerprint density at radius 2 is 2.39 bits per heavy atom. The van der Waals surface area contributed by atoms with Gasteiger partial charge in [0.2, 0.25) is 0 Å². The maximum atomic E-state index is 12.0. The van der Waals surface area contributed by atoms with Crippen LogP contribution < -0.4 is 5.69 Å². The van der Waals surface area contributed by atoms with Crippen LogP contribution in [0.1, 0.15) is 12.8 Å². The summed E-state index contributed by atoms with van der Waals surface area (Å²) in [6.45, 7) is 0.745. The fraction of sp³-hybridized carbons (Fsp3) is 0.462. The topological polar surface area (TPSA) is 58.0 Å². The fourth-order valence-corrected chi connectivity index (χ4v) is 3.70. The number of nitrogens with one attached hydrogen (secondary N) is 1. The highest BCUT2D eigenvalue weighted by Crippen LogP contribution is 2.26. The molecular weight excluding hydrogens is 248 g/mol. The van der Waals surface area contributed by atoms with Gasteiger partial charge in [0.1, 0.15) is 11.3 Å². The molecule has 96 valence electrons. The van der Waals surface area contributed by atoms with Gasteiger partial charge in [-0.3, -0.25) is 4.57 Å². The third-order valence-corrected chi connectivity index (χ3v) is 4.77. The Morgan fingerprint density at radius 3 is 3.17 bits per heavy atom. The minimum absolute atomic E-state index is 0.123. The third-order valence-electron chi connectivity index (χ3n) is 3.48. The monoisotopic (exact) mass is 264 g/mol. The molecule has 1 saturated heterocycles. The van der Waals surface area contributed by atoms with E-state index in [-0.39, 0.29) is 11.4 Å². The highest BCUT2D eigenvalue weighted by Gasteiger charge is 2.17. The van der Waals surface area contributed by atoms with Gasteiger partial charge in [0.25, 0.3) is 0 Å². The second-order valence-electron chi connectivity index (χ2n) is 4.80. The predicted molar refractivity (Wildman–Crippen MR) is 74.3 cm³/mol. The lowest BCUT2D eigenvalue weighted by atomic mass is 10.1. The summed E-state index contributed by atoms with van der Waals surface area (Å²) in [7, 11) is 0. The van der Waals surface area contributed by atoms with Crippen LogP contribution in [0.15, 0.2) is 23.0 Å². The normalized spacial score (nSPS) is 20.3. The molecule has 2 N–H and O–H groups in total. The number of benzene rings is 1. The zero-order valence-electron chi connectivity index (χ0n) is 10.1. The van der Waals surface area contributed by atoms with Gasteiger partial charge in [-0.2, -0.15) is 11.8 Å². The Bertz CT molecular complexity index is 611. The quantitative estimate of drug-likeness (QED) is 0.874. The summed E-state index contributed by atoms with van der Waals surface area (Å²) in [5.74, 6) is 3.06. The molecule has 0 bridgehead atoms. The summed E-state index contributed by atoms with van der Waals surface area (Å²) < 4.78 is 1.76. The average Bonchev–Trinajstić information content (AvgIpc) is 2.70. The molecule has 1 aromatic heterocycles. The fourth-order valence-electron chi connectivity index (χ4n) is 2.56. The van der Waals surface area contributed by atoms with Gasteiger partial charge in [0, 0.05) is 6.54 Å². The van der Waals surface area contributed by atoms with Crippen molar-refractivity contribution < 1.29 is 5.11 Å². The average molecular weight is 264 g/mol. The Hall–Kier alpha value is -1.36. The highest BCUT2D eigenvalue weighted by molar-refractivity contribution is 7.99. The lowest BCUT2D eigenvalue weighted by Crippen LogP contribution is -2.24. The first-order valence-corrected chi connectivity index (χ1v) is 7.39. The van der Waals surface area contributed by atoms with Gasteiger partial charge in [-0.05, 0) is 42.4 Å². The van der Waals surface area contributed by atoms with Crippen molar-refractivity contribution in [1.29, 1.82) is 0 Å². The minimum atomic E-state index is -0.123. The lowest BCUT2D eigenvalue weighted by molar-refractivity contribution is 0.446. The smallest absolute Gasteiger partial charge is 0.326 e. The summed E-state index contributed by atoms with van der Waals surface area (Å²) >= 11 is 1.96. The Kier molecular flexibility index (Phi) is 3.07. The van der Waals surface area contributed by atoms with Crippen LogP contribution in [-0.4, -0.2) is 26.2 Å². The van der Waals surface area contributed by atoms with Crippen LogP contribution in [0.5, 0.6) is 5.75 Å². The van der Waals surface area contributed by atoms with Crippen molar-refractivity contribution in [2.24, 2.45) is 5.92 Å². The first kappa shape index (κ1) is 11.7. The Morgan fingerprint density at radius 1 is 1.50 bits per heavy atom. The number of para-hydroxylation sites is 1. The number of nitrogens with zero attached hydrogens (tertiary/aromatic N) is 1. The number of rotatable bonds is 2. The van der Waals surface area contributed by atoms with E-state index < -0.39 is 0 Å². The molecule has 18 heavy (non-hydrogen) atoms. The van der Waals surface area contributed by atoms with E-state index in [1.807, 2.05) is 17.8 Å². The first-order chi connectivity index (χ1) is 8.75.